The molecule has 3 N–H and O–H groups in total. The maximum atomic E-state index is 11.9. The molecule has 6 nitrogen and oxygen atoms in total. The van der Waals surface area contributed by atoms with Crippen molar-refractivity contribution in [3.8, 4) is 5.75 Å². The third-order valence-electron chi connectivity index (χ3n) is 3.55. The first-order chi connectivity index (χ1) is 12.2. The van der Waals surface area contributed by atoms with E-state index < -0.39 is 10.0 Å². The normalized spacial score (nSPS) is 11.2. The van der Waals surface area contributed by atoms with Crippen molar-refractivity contribution in [2.24, 2.45) is 5.14 Å². The van der Waals surface area contributed by atoms with Gasteiger partial charge in [0.15, 0.2) is 0 Å². The molecule has 0 radical (unpaired) electrons. The topological polar surface area (TPSA) is 98.5 Å². The lowest BCUT2D eigenvalue weighted by Crippen LogP contribution is -2.15. The van der Waals surface area contributed by atoms with Crippen LogP contribution < -0.4 is 15.2 Å². The van der Waals surface area contributed by atoms with E-state index in [1.54, 1.807) is 36.4 Å². The van der Waals surface area contributed by atoms with Crippen molar-refractivity contribution in [1.82, 2.24) is 0 Å². The molecule has 0 bridgehead atoms. The maximum absolute atomic E-state index is 11.9. The smallest absolute Gasteiger partial charge is 0.224 e. The van der Waals surface area contributed by atoms with Gasteiger partial charge in [-0.05, 0) is 54.8 Å². The van der Waals surface area contributed by atoms with Crippen LogP contribution in [0.25, 0.3) is 0 Å². The monoisotopic (exact) mass is 396 g/mol. The average molecular weight is 397 g/mol. The van der Waals surface area contributed by atoms with Crippen molar-refractivity contribution >= 4 is 33.2 Å². The molecular formula is C18H21ClN2O4S. The number of primary sulfonamides is 1. The zero-order valence-electron chi connectivity index (χ0n) is 14.4. The molecular weight excluding hydrogens is 376 g/mol. The summed E-state index contributed by atoms with van der Waals surface area (Å²) in [4.78, 5) is 11.9. The SMILES string of the molecule is Cc1cc(OCCCC(=O)Nc2ccc(CS(N)(=O)=O)cc2)ccc1Cl. The molecule has 0 atom stereocenters. The predicted molar refractivity (Wildman–Crippen MR) is 103 cm³/mol. The molecule has 0 spiro atoms. The second kappa shape index (κ2) is 9.02. The van der Waals surface area contributed by atoms with Gasteiger partial charge < -0.3 is 10.1 Å². The van der Waals surface area contributed by atoms with E-state index in [1.807, 2.05) is 13.0 Å². The molecule has 2 rings (SSSR count). The number of hydrogen-bond donors (Lipinski definition) is 2. The highest BCUT2D eigenvalue weighted by Crippen LogP contribution is 2.21. The summed E-state index contributed by atoms with van der Waals surface area (Å²) < 4.78 is 27.7. The van der Waals surface area contributed by atoms with Gasteiger partial charge in [0.05, 0.1) is 12.4 Å². The van der Waals surface area contributed by atoms with E-state index in [1.165, 1.54) is 0 Å². The van der Waals surface area contributed by atoms with E-state index >= 15 is 0 Å². The third kappa shape index (κ3) is 7.03. The minimum Gasteiger partial charge on any atom is -0.494 e. The number of benzene rings is 2. The average Bonchev–Trinajstić information content (AvgIpc) is 2.55. The molecule has 0 aliphatic carbocycles. The Morgan fingerprint density at radius 2 is 1.88 bits per heavy atom. The number of aryl methyl sites for hydroxylation is 1. The van der Waals surface area contributed by atoms with E-state index in [-0.39, 0.29) is 11.7 Å². The van der Waals surface area contributed by atoms with Crippen molar-refractivity contribution in [1.29, 1.82) is 0 Å². The molecule has 0 aliphatic rings. The van der Waals surface area contributed by atoms with Crippen LogP contribution in [0.15, 0.2) is 42.5 Å². The number of sulfonamides is 1. The van der Waals surface area contributed by atoms with Crippen LogP contribution in [-0.4, -0.2) is 20.9 Å². The minimum atomic E-state index is -3.56. The molecule has 26 heavy (non-hydrogen) atoms. The Morgan fingerprint density at radius 1 is 1.19 bits per heavy atom. The molecule has 0 fully saturated rings. The molecule has 140 valence electrons. The summed E-state index contributed by atoms with van der Waals surface area (Å²) in [5.41, 5.74) is 2.10. The van der Waals surface area contributed by atoms with Gasteiger partial charge in [-0.3, -0.25) is 4.79 Å². The van der Waals surface area contributed by atoms with E-state index in [4.69, 9.17) is 21.5 Å². The zero-order valence-corrected chi connectivity index (χ0v) is 15.9. The van der Waals surface area contributed by atoms with E-state index in [0.717, 1.165) is 11.3 Å². The number of carbonyl (C=O) groups is 1. The molecule has 8 heteroatoms. The maximum Gasteiger partial charge on any atom is 0.224 e. The van der Waals surface area contributed by atoms with Gasteiger partial charge in [-0.15, -0.1) is 0 Å². The summed E-state index contributed by atoms with van der Waals surface area (Å²) in [5.74, 6) is 0.348. The highest BCUT2D eigenvalue weighted by molar-refractivity contribution is 7.88. The Hall–Kier alpha value is -2.09. The van der Waals surface area contributed by atoms with Gasteiger partial charge in [-0.2, -0.15) is 0 Å². The van der Waals surface area contributed by atoms with Gasteiger partial charge in [-0.25, -0.2) is 13.6 Å². The first kappa shape index (κ1) is 20.2. The number of nitrogens with one attached hydrogen (secondary N) is 1. The Balaban J connectivity index is 1.73. The molecule has 0 unspecified atom stereocenters. The molecule has 0 aromatic heterocycles. The molecule has 2 aromatic carbocycles. The van der Waals surface area contributed by atoms with E-state index in [0.29, 0.717) is 35.7 Å². The molecule has 0 aliphatic heterocycles. The van der Waals surface area contributed by atoms with Crippen LogP contribution in [0.4, 0.5) is 5.69 Å². The second-order valence-corrected chi connectivity index (χ2v) is 7.94. The summed E-state index contributed by atoms with van der Waals surface area (Å²) in [7, 11) is -3.56. The number of halogens is 1. The highest BCUT2D eigenvalue weighted by Gasteiger charge is 2.06. The molecule has 0 heterocycles. The summed E-state index contributed by atoms with van der Waals surface area (Å²) in [5, 5.41) is 8.44. The van der Waals surface area contributed by atoms with Crippen LogP contribution >= 0.6 is 11.6 Å². The largest absolute Gasteiger partial charge is 0.494 e. The van der Waals surface area contributed by atoms with Crippen LogP contribution in [0.1, 0.15) is 24.0 Å². The fourth-order valence-electron chi connectivity index (χ4n) is 2.27. The fourth-order valence-corrected chi connectivity index (χ4v) is 3.04. The van der Waals surface area contributed by atoms with Gasteiger partial charge in [0, 0.05) is 17.1 Å². The van der Waals surface area contributed by atoms with E-state index in [2.05, 4.69) is 5.32 Å². The van der Waals surface area contributed by atoms with Gasteiger partial charge in [0.25, 0.3) is 0 Å². The Labute approximate surface area is 158 Å². The number of ether oxygens (including phenoxy) is 1. The lowest BCUT2D eigenvalue weighted by Gasteiger charge is -2.09. The van der Waals surface area contributed by atoms with Crippen molar-refractivity contribution in [3.05, 3.63) is 58.6 Å². The zero-order chi connectivity index (χ0) is 19.2. The minimum absolute atomic E-state index is 0.139. The molecule has 0 saturated heterocycles. The Bertz CT molecular complexity index is 867. The summed E-state index contributed by atoms with van der Waals surface area (Å²) >= 11 is 5.96. The number of hydrogen-bond acceptors (Lipinski definition) is 4. The van der Waals surface area contributed by atoms with Crippen LogP contribution in [0.3, 0.4) is 0 Å². The van der Waals surface area contributed by atoms with Crippen molar-refractivity contribution < 1.29 is 17.9 Å². The fraction of sp³-hybridized carbons (Fsp3) is 0.278. The molecule has 2 aromatic rings. The Morgan fingerprint density at radius 3 is 2.50 bits per heavy atom. The molecule has 1 amide bonds. The first-order valence-electron chi connectivity index (χ1n) is 8.01. The first-order valence-corrected chi connectivity index (χ1v) is 10.1. The van der Waals surface area contributed by atoms with Crippen molar-refractivity contribution in [2.45, 2.75) is 25.5 Å². The predicted octanol–water partition coefficient (Wildman–Crippen LogP) is 3.23. The lowest BCUT2D eigenvalue weighted by molar-refractivity contribution is -0.116. The number of amides is 1. The van der Waals surface area contributed by atoms with Crippen LogP contribution in [0.5, 0.6) is 5.75 Å². The summed E-state index contributed by atoms with van der Waals surface area (Å²) in [6.07, 6.45) is 0.877. The number of rotatable bonds is 8. The quantitative estimate of drug-likeness (QED) is 0.669. The Kier molecular flexibility index (Phi) is 7.02. The van der Waals surface area contributed by atoms with Gasteiger partial charge in [-0.1, -0.05) is 23.7 Å². The van der Waals surface area contributed by atoms with E-state index in [9.17, 15) is 13.2 Å². The van der Waals surface area contributed by atoms with Crippen LogP contribution in [-0.2, 0) is 20.6 Å². The second-order valence-electron chi connectivity index (χ2n) is 5.92. The number of nitrogens with two attached hydrogens (primary N) is 1. The van der Waals surface area contributed by atoms with Crippen molar-refractivity contribution in [3.63, 3.8) is 0 Å². The van der Waals surface area contributed by atoms with Crippen LogP contribution in [0, 0.1) is 6.92 Å². The lowest BCUT2D eigenvalue weighted by atomic mass is 10.2. The third-order valence-corrected chi connectivity index (χ3v) is 4.71. The summed E-state index contributed by atoms with van der Waals surface area (Å²) in [6.45, 7) is 2.32. The standard InChI is InChI=1S/C18H21ClN2O4S/c1-13-11-16(8-9-17(13)19)25-10-2-3-18(22)21-15-6-4-14(5-7-15)12-26(20,23)24/h4-9,11H,2-3,10,12H2,1H3,(H,21,22)(H2,20,23,24). The van der Waals surface area contributed by atoms with Crippen LogP contribution in [0.2, 0.25) is 5.02 Å². The highest BCUT2D eigenvalue weighted by atomic mass is 35.5. The van der Waals surface area contributed by atoms with Gasteiger partial charge in [0.1, 0.15) is 5.75 Å². The van der Waals surface area contributed by atoms with Gasteiger partial charge >= 0.3 is 0 Å². The number of anilines is 1. The van der Waals surface area contributed by atoms with Gasteiger partial charge in [0.2, 0.25) is 15.9 Å². The van der Waals surface area contributed by atoms with Crippen molar-refractivity contribution in [2.75, 3.05) is 11.9 Å². The summed E-state index contributed by atoms with van der Waals surface area (Å²) in [6, 6.07) is 11.9. The molecule has 0 saturated carbocycles. The number of carbonyl (C=O) groups excluding carboxylic acids is 1.